The zero-order valence-electron chi connectivity index (χ0n) is 17.3. The van der Waals surface area contributed by atoms with Gasteiger partial charge < -0.3 is 14.8 Å². The Labute approximate surface area is 157 Å². The molecule has 1 atom stereocenters. The van der Waals surface area contributed by atoms with E-state index in [0.717, 1.165) is 5.56 Å². The molecule has 0 saturated heterocycles. The lowest BCUT2D eigenvalue weighted by atomic mass is 9.86. The van der Waals surface area contributed by atoms with E-state index in [1.165, 1.54) is 5.56 Å². The van der Waals surface area contributed by atoms with Crippen molar-refractivity contribution in [2.24, 2.45) is 0 Å². The Morgan fingerprint density at radius 2 is 1.54 bits per heavy atom. The Bertz CT molecular complexity index is 606. The molecule has 1 aromatic rings. The fourth-order valence-electron chi connectivity index (χ4n) is 2.33. The zero-order chi connectivity index (χ0) is 20.1. The number of hydrogen-bond acceptors (Lipinski definition) is 4. The van der Waals surface area contributed by atoms with Gasteiger partial charge in [0.15, 0.2) is 0 Å². The Hall–Kier alpha value is -2.04. The maximum absolute atomic E-state index is 12.4. The topological polar surface area (TPSA) is 64.6 Å². The summed E-state index contributed by atoms with van der Waals surface area (Å²) in [5.41, 5.74) is 1.58. The second-order valence-corrected chi connectivity index (χ2v) is 8.84. The SMILES string of the molecule is CC(C)OC(=O)[C@@H](Cc1ccc(C(C)(C)C)cc1)NC(=O)OC(C)(C)C. The first-order chi connectivity index (χ1) is 11.8. The number of rotatable bonds is 5. The van der Waals surface area contributed by atoms with Crippen molar-refractivity contribution >= 4 is 12.1 Å². The van der Waals surface area contributed by atoms with Gasteiger partial charge in [0.1, 0.15) is 11.6 Å². The molecule has 0 fully saturated rings. The number of hydrogen-bond donors (Lipinski definition) is 1. The maximum Gasteiger partial charge on any atom is 0.408 e. The molecule has 0 bridgehead atoms. The number of esters is 1. The maximum atomic E-state index is 12.4. The van der Waals surface area contributed by atoms with E-state index in [2.05, 4.69) is 26.1 Å². The van der Waals surface area contributed by atoms with E-state index in [1.54, 1.807) is 34.6 Å². The van der Waals surface area contributed by atoms with Crippen LogP contribution >= 0.6 is 0 Å². The minimum Gasteiger partial charge on any atom is -0.461 e. The molecule has 1 amide bonds. The van der Waals surface area contributed by atoms with Crippen molar-refractivity contribution in [3.8, 4) is 0 Å². The monoisotopic (exact) mass is 363 g/mol. The third-order valence-electron chi connectivity index (χ3n) is 3.59. The molecule has 1 aromatic carbocycles. The second-order valence-electron chi connectivity index (χ2n) is 8.84. The Morgan fingerprint density at radius 1 is 1.00 bits per heavy atom. The Balaban J connectivity index is 2.91. The number of alkyl carbamates (subject to hydrolysis) is 1. The molecule has 5 heteroatoms. The Morgan fingerprint density at radius 3 is 1.96 bits per heavy atom. The lowest BCUT2D eigenvalue weighted by Gasteiger charge is -2.24. The van der Waals surface area contributed by atoms with E-state index < -0.39 is 23.7 Å². The number of carbonyl (C=O) groups is 2. The molecule has 0 aromatic heterocycles. The fourth-order valence-corrected chi connectivity index (χ4v) is 2.33. The normalized spacial score (nSPS) is 13.3. The molecule has 0 radical (unpaired) electrons. The van der Waals surface area contributed by atoms with Crippen LogP contribution in [0.4, 0.5) is 4.79 Å². The minimum absolute atomic E-state index is 0.0588. The van der Waals surface area contributed by atoms with Gasteiger partial charge in [-0.2, -0.15) is 0 Å². The van der Waals surface area contributed by atoms with Crippen LogP contribution in [0.3, 0.4) is 0 Å². The van der Waals surface area contributed by atoms with Crippen molar-refractivity contribution in [3.05, 3.63) is 35.4 Å². The van der Waals surface area contributed by atoms with E-state index in [0.29, 0.717) is 6.42 Å². The zero-order valence-corrected chi connectivity index (χ0v) is 17.3. The van der Waals surface area contributed by atoms with Gasteiger partial charge in [-0.1, -0.05) is 45.0 Å². The van der Waals surface area contributed by atoms with Gasteiger partial charge in [-0.15, -0.1) is 0 Å². The van der Waals surface area contributed by atoms with E-state index >= 15 is 0 Å². The van der Waals surface area contributed by atoms with E-state index in [-0.39, 0.29) is 11.5 Å². The molecule has 146 valence electrons. The molecule has 0 unspecified atom stereocenters. The lowest BCUT2D eigenvalue weighted by Crippen LogP contribution is -2.46. The first-order valence-corrected chi connectivity index (χ1v) is 9.07. The highest BCUT2D eigenvalue weighted by Gasteiger charge is 2.26. The van der Waals surface area contributed by atoms with Gasteiger partial charge in [-0.3, -0.25) is 0 Å². The van der Waals surface area contributed by atoms with Crippen LogP contribution < -0.4 is 5.32 Å². The molecular formula is C21H33NO4. The van der Waals surface area contributed by atoms with Crippen LogP contribution in [0, 0.1) is 0 Å². The predicted molar refractivity (Wildman–Crippen MR) is 103 cm³/mol. The summed E-state index contributed by atoms with van der Waals surface area (Å²) in [6, 6.07) is 7.26. The van der Waals surface area contributed by atoms with Gasteiger partial charge in [0.2, 0.25) is 0 Å². The molecule has 1 N–H and O–H groups in total. The highest BCUT2D eigenvalue weighted by molar-refractivity contribution is 5.81. The molecule has 0 heterocycles. The van der Waals surface area contributed by atoms with E-state index in [1.807, 2.05) is 24.3 Å². The molecule has 26 heavy (non-hydrogen) atoms. The molecule has 0 saturated carbocycles. The van der Waals surface area contributed by atoms with Gasteiger partial charge in [-0.05, 0) is 51.2 Å². The van der Waals surface area contributed by atoms with Gasteiger partial charge in [-0.25, -0.2) is 9.59 Å². The molecule has 0 aliphatic heterocycles. The number of nitrogens with one attached hydrogen (secondary N) is 1. The fraction of sp³-hybridized carbons (Fsp3) is 0.619. The third kappa shape index (κ3) is 7.89. The first-order valence-electron chi connectivity index (χ1n) is 9.07. The van der Waals surface area contributed by atoms with Crippen LogP contribution in [-0.4, -0.2) is 29.8 Å². The average Bonchev–Trinajstić information content (AvgIpc) is 2.43. The smallest absolute Gasteiger partial charge is 0.408 e. The van der Waals surface area contributed by atoms with Crippen LogP contribution in [0.1, 0.15) is 66.5 Å². The largest absolute Gasteiger partial charge is 0.461 e. The van der Waals surface area contributed by atoms with Gasteiger partial charge in [0.05, 0.1) is 6.10 Å². The van der Waals surface area contributed by atoms with Crippen LogP contribution in [-0.2, 0) is 26.1 Å². The van der Waals surface area contributed by atoms with Crippen molar-refractivity contribution in [1.82, 2.24) is 5.32 Å². The molecule has 1 rings (SSSR count). The summed E-state index contributed by atoms with van der Waals surface area (Å²) < 4.78 is 10.6. The van der Waals surface area contributed by atoms with Crippen molar-refractivity contribution < 1.29 is 19.1 Å². The van der Waals surface area contributed by atoms with Gasteiger partial charge in [0, 0.05) is 6.42 Å². The van der Waals surface area contributed by atoms with Crippen molar-refractivity contribution in [2.45, 2.75) is 85.0 Å². The third-order valence-corrected chi connectivity index (χ3v) is 3.59. The molecule has 5 nitrogen and oxygen atoms in total. The summed E-state index contributed by atoms with van der Waals surface area (Å²) in [6.07, 6.45) is -0.543. The van der Waals surface area contributed by atoms with Crippen LogP contribution in [0.15, 0.2) is 24.3 Å². The van der Waals surface area contributed by atoms with Crippen LogP contribution in [0.2, 0.25) is 0 Å². The summed E-state index contributed by atoms with van der Waals surface area (Å²) in [5.74, 6) is -0.467. The summed E-state index contributed by atoms with van der Waals surface area (Å²) >= 11 is 0. The van der Waals surface area contributed by atoms with Gasteiger partial charge >= 0.3 is 12.1 Å². The van der Waals surface area contributed by atoms with Crippen molar-refractivity contribution in [1.29, 1.82) is 0 Å². The van der Waals surface area contributed by atoms with Crippen LogP contribution in [0.25, 0.3) is 0 Å². The standard InChI is InChI=1S/C21H33NO4/c1-14(2)25-18(23)17(22-19(24)26-21(6,7)8)13-15-9-11-16(12-10-15)20(3,4)5/h9-12,14,17H,13H2,1-8H3,(H,22,24)/t17-/m1/s1. The van der Waals surface area contributed by atoms with Crippen molar-refractivity contribution in [2.75, 3.05) is 0 Å². The van der Waals surface area contributed by atoms with E-state index in [4.69, 9.17) is 9.47 Å². The first kappa shape index (κ1) is 22.0. The second kappa shape index (κ2) is 8.56. The Kier molecular flexibility index (Phi) is 7.25. The van der Waals surface area contributed by atoms with Gasteiger partial charge in [0.25, 0.3) is 0 Å². The van der Waals surface area contributed by atoms with E-state index in [9.17, 15) is 9.59 Å². The molecule has 0 aliphatic carbocycles. The number of ether oxygens (including phenoxy) is 2. The number of amides is 1. The predicted octanol–water partition coefficient (Wildman–Crippen LogP) is 4.37. The molecule has 0 aliphatic rings. The summed E-state index contributed by atoms with van der Waals surface area (Å²) in [7, 11) is 0. The minimum atomic E-state index is -0.798. The quantitative estimate of drug-likeness (QED) is 0.789. The highest BCUT2D eigenvalue weighted by atomic mass is 16.6. The van der Waals surface area contributed by atoms with Crippen molar-refractivity contribution in [3.63, 3.8) is 0 Å². The highest BCUT2D eigenvalue weighted by Crippen LogP contribution is 2.22. The summed E-state index contributed by atoms with van der Waals surface area (Å²) in [4.78, 5) is 24.5. The number of benzene rings is 1. The summed E-state index contributed by atoms with van der Waals surface area (Å²) in [6.45, 7) is 15.3. The summed E-state index contributed by atoms with van der Waals surface area (Å²) in [5, 5.41) is 2.64. The molecule has 0 spiro atoms. The average molecular weight is 363 g/mol. The van der Waals surface area contributed by atoms with Crippen LogP contribution in [0.5, 0.6) is 0 Å². The lowest BCUT2D eigenvalue weighted by molar-refractivity contribution is -0.149. The number of carbonyl (C=O) groups excluding carboxylic acids is 2. The molecular weight excluding hydrogens is 330 g/mol.